The van der Waals surface area contributed by atoms with E-state index in [1.54, 1.807) is 7.11 Å². The van der Waals surface area contributed by atoms with E-state index in [0.717, 1.165) is 12.0 Å². The molecule has 0 spiro atoms. The first-order valence-electron chi connectivity index (χ1n) is 4.96. The number of hydrogen-bond donors (Lipinski definition) is 2. The maximum atomic E-state index is 10.9. The van der Waals surface area contributed by atoms with E-state index in [4.69, 9.17) is 22.1 Å². The summed E-state index contributed by atoms with van der Waals surface area (Å²) < 4.78 is 5.04. The largest absolute Gasteiger partial charge is 0.495 e. The molecule has 0 fully saturated rings. The minimum absolute atomic E-state index is 0.0172. The summed E-state index contributed by atoms with van der Waals surface area (Å²) in [6.07, 6.45) is 0.718. The van der Waals surface area contributed by atoms with Gasteiger partial charge in [0.15, 0.2) is 0 Å². The lowest BCUT2D eigenvalue weighted by Gasteiger charge is -2.06. The number of carbonyl (C=O) groups is 1. The van der Waals surface area contributed by atoms with Crippen molar-refractivity contribution in [3.8, 4) is 5.75 Å². The Hall–Kier alpha value is -1.26. The molecule has 5 heteroatoms. The predicted molar refractivity (Wildman–Crippen MR) is 63.8 cm³/mol. The Morgan fingerprint density at radius 2 is 2.31 bits per heavy atom. The highest BCUT2D eigenvalue weighted by molar-refractivity contribution is 6.32. The zero-order valence-corrected chi connectivity index (χ0v) is 9.88. The fourth-order valence-electron chi connectivity index (χ4n) is 1.28. The van der Waals surface area contributed by atoms with Crippen LogP contribution in [-0.4, -0.2) is 26.1 Å². The van der Waals surface area contributed by atoms with E-state index in [9.17, 15) is 4.79 Å². The van der Waals surface area contributed by atoms with E-state index in [1.807, 2.05) is 18.2 Å². The fraction of sp³-hybridized carbons (Fsp3) is 0.364. The number of methoxy groups -OCH3 is 1. The summed E-state index contributed by atoms with van der Waals surface area (Å²) in [6.45, 7) is 0.571. The van der Waals surface area contributed by atoms with Gasteiger partial charge in [-0.25, -0.2) is 0 Å². The van der Waals surface area contributed by atoms with Gasteiger partial charge in [0, 0.05) is 6.54 Å². The first kappa shape index (κ1) is 12.8. The molecule has 0 radical (unpaired) electrons. The number of carbonyl (C=O) groups excluding carboxylic acids is 1. The third kappa shape index (κ3) is 3.72. The average Bonchev–Trinajstić information content (AvgIpc) is 2.29. The average molecular weight is 243 g/mol. The first-order chi connectivity index (χ1) is 7.67. The molecule has 0 aliphatic carbocycles. The molecule has 0 atom stereocenters. The molecule has 0 heterocycles. The second kappa shape index (κ2) is 6.35. The minimum Gasteiger partial charge on any atom is -0.495 e. The predicted octanol–water partition coefficient (Wildman–Crippen LogP) is 0.966. The van der Waals surface area contributed by atoms with Crippen LogP contribution in [0.1, 0.15) is 5.56 Å². The second-order valence-corrected chi connectivity index (χ2v) is 3.68. The maximum Gasteiger partial charge on any atom is 0.233 e. The monoisotopic (exact) mass is 242 g/mol. The van der Waals surface area contributed by atoms with Crippen LogP contribution in [0, 0.1) is 0 Å². The van der Waals surface area contributed by atoms with Gasteiger partial charge < -0.3 is 15.8 Å². The number of benzene rings is 1. The van der Waals surface area contributed by atoms with Gasteiger partial charge >= 0.3 is 0 Å². The highest BCUT2D eigenvalue weighted by Gasteiger charge is 2.02. The molecule has 0 saturated carbocycles. The normalized spacial score (nSPS) is 9.94. The molecule has 1 amide bonds. The van der Waals surface area contributed by atoms with Crippen molar-refractivity contribution in [3.63, 3.8) is 0 Å². The Labute approximate surface area is 99.7 Å². The standard InChI is InChI=1S/C11H15ClN2O2/c1-16-10-3-2-8(6-9(10)12)4-5-14-11(15)7-13/h2-3,6H,4-5,7,13H2,1H3,(H,14,15). The number of nitrogens with two attached hydrogens (primary N) is 1. The number of rotatable bonds is 5. The van der Waals surface area contributed by atoms with E-state index in [2.05, 4.69) is 5.32 Å². The number of amides is 1. The number of nitrogens with one attached hydrogen (secondary N) is 1. The topological polar surface area (TPSA) is 64.3 Å². The molecule has 0 aromatic heterocycles. The minimum atomic E-state index is -0.153. The molecule has 4 nitrogen and oxygen atoms in total. The van der Waals surface area contributed by atoms with Crippen LogP contribution in [0.3, 0.4) is 0 Å². The Balaban J connectivity index is 2.49. The summed E-state index contributed by atoms with van der Waals surface area (Å²) in [6, 6.07) is 5.55. The van der Waals surface area contributed by atoms with Crippen molar-refractivity contribution in [1.29, 1.82) is 0 Å². The quantitative estimate of drug-likeness (QED) is 0.809. The number of halogens is 1. The SMILES string of the molecule is COc1ccc(CCNC(=O)CN)cc1Cl. The van der Waals surface area contributed by atoms with Crippen molar-refractivity contribution in [2.45, 2.75) is 6.42 Å². The zero-order chi connectivity index (χ0) is 12.0. The van der Waals surface area contributed by atoms with Crippen LogP contribution in [0.5, 0.6) is 5.75 Å². The summed E-state index contributed by atoms with van der Waals surface area (Å²) in [4.78, 5) is 10.9. The molecule has 0 aliphatic heterocycles. The van der Waals surface area contributed by atoms with E-state index in [-0.39, 0.29) is 12.5 Å². The molecule has 1 aromatic rings. The van der Waals surface area contributed by atoms with Gasteiger partial charge in [-0.15, -0.1) is 0 Å². The summed E-state index contributed by atoms with van der Waals surface area (Å²) in [7, 11) is 1.57. The van der Waals surface area contributed by atoms with Crippen LogP contribution >= 0.6 is 11.6 Å². The zero-order valence-electron chi connectivity index (χ0n) is 9.13. The second-order valence-electron chi connectivity index (χ2n) is 3.27. The van der Waals surface area contributed by atoms with E-state index >= 15 is 0 Å². The highest BCUT2D eigenvalue weighted by atomic mass is 35.5. The van der Waals surface area contributed by atoms with Crippen LogP contribution in [0.25, 0.3) is 0 Å². The summed E-state index contributed by atoms with van der Waals surface area (Å²) in [5, 5.41) is 3.26. The van der Waals surface area contributed by atoms with Crippen LogP contribution in [0.2, 0.25) is 5.02 Å². The number of ether oxygens (including phenoxy) is 1. The first-order valence-corrected chi connectivity index (χ1v) is 5.34. The van der Waals surface area contributed by atoms with Crippen molar-refractivity contribution in [2.75, 3.05) is 20.2 Å². The summed E-state index contributed by atoms with van der Waals surface area (Å²) in [5.41, 5.74) is 6.21. The van der Waals surface area contributed by atoms with Gasteiger partial charge in [-0.1, -0.05) is 17.7 Å². The van der Waals surface area contributed by atoms with Crippen LogP contribution in [0.15, 0.2) is 18.2 Å². The van der Waals surface area contributed by atoms with Gasteiger partial charge in [0.05, 0.1) is 18.7 Å². The van der Waals surface area contributed by atoms with Crippen molar-refractivity contribution in [1.82, 2.24) is 5.32 Å². The maximum absolute atomic E-state index is 10.9. The van der Waals surface area contributed by atoms with Crippen molar-refractivity contribution in [3.05, 3.63) is 28.8 Å². The third-order valence-electron chi connectivity index (χ3n) is 2.14. The lowest BCUT2D eigenvalue weighted by atomic mass is 10.1. The van der Waals surface area contributed by atoms with Crippen molar-refractivity contribution >= 4 is 17.5 Å². The van der Waals surface area contributed by atoms with Gasteiger partial charge in [-0.2, -0.15) is 0 Å². The molecule has 3 N–H and O–H groups in total. The molecule has 0 saturated heterocycles. The molecular weight excluding hydrogens is 228 g/mol. The van der Waals surface area contributed by atoms with E-state index < -0.39 is 0 Å². The Morgan fingerprint density at radius 1 is 1.56 bits per heavy atom. The lowest BCUT2D eigenvalue weighted by molar-refractivity contribution is -0.119. The lowest BCUT2D eigenvalue weighted by Crippen LogP contribution is -2.31. The van der Waals surface area contributed by atoms with Gasteiger partial charge in [-0.05, 0) is 24.1 Å². The van der Waals surface area contributed by atoms with Crippen molar-refractivity contribution < 1.29 is 9.53 Å². The molecule has 0 aliphatic rings. The number of hydrogen-bond acceptors (Lipinski definition) is 3. The third-order valence-corrected chi connectivity index (χ3v) is 2.43. The Bertz CT molecular complexity index is 369. The molecule has 0 unspecified atom stereocenters. The van der Waals surface area contributed by atoms with E-state index in [0.29, 0.717) is 17.3 Å². The van der Waals surface area contributed by atoms with Crippen LogP contribution < -0.4 is 15.8 Å². The Morgan fingerprint density at radius 3 is 2.88 bits per heavy atom. The van der Waals surface area contributed by atoms with E-state index in [1.165, 1.54) is 0 Å². The summed E-state index contributed by atoms with van der Waals surface area (Å²) >= 11 is 5.97. The molecule has 0 bridgehead atoms. The van der Waals surface area contributed by atoms with Crippen LogP contribution in [-0.2, 0) is 11.2 Å². The fourth-order valence-corrected chi connectivity index (χ4v) is 1.56. The van der Waals surface area contributed by atoms with Crippen molar-refractivity contribution in [2.24, 2.45) is 5.73 Å². The molecule has 1 aromatic carbocycles. The van der Waals surface area contributed by atoms with Gasteiger partial charge in [0.1, 0.15) is 5.75 Å². The smallest absolute Gasteiger partial charge is 0.233 e. The highest BCUT2D eigenvalue weighted by Crippen LogP contribution is 2.24. The molecular formula is C11H15ClN2O2. The van der Waals surface area contributed by atoms with Crippen LogP contribution in [0.4, 0.5) is 0 Å². The van der Waals surface area contributed by atoms with Gasteiger partial charge in [0.25, 0.3) is 0 Å². The summed E-state index contributed by atoms with van der Waals surface area (Å²) in [5.74, 6) is 0.496. The molecule has 1 rings (SSSR count). The molecule has 88 valence electrons. The Kier molecular flexibility index (Phi) is 5.08. The molecule has 16 heavy (non-hydrogen) atoms. The van der Waals surface area contributed by atoms with Gasteiger partial charge in [-0.3, -0.25) is 4.79 Å². The van der Waals surface area contributed by atoms with Gasteiger partial charge in [0.2, 0.25) is 5.91 Å².